The van der Waals surface area contributed by atoms with E-state index < -0.39 is 0 Å². The summed E-state index contributed by atoms with van der Waals surface area (Å²) in [6, 6.07) is 4.89. The largest absolute Gasteiger partial charge is 0.381 e. The molecule has 1 fully saturated rings. The van der Waals surface area contributed by atoms with Gasteiger partial charge in [-0.05, 0) is 73.7 Å². The minimum absolute atomic E-state index is 0.343. The first-order chi connectivity index (χ1) is 8.45. The first kappa shape index (κ1) is 13.9. The minimum Gasteiger partial charge on any atom is -0.381 e. The lowest BCUT2D eigenvalue weighted by molar-refractivity contribution is -0.0337. The summed E-state index contributed by atoms with van der Waals surface area (Å²) < 4.78 is 6.94. The van der Waals surface area contributed by atoms with E-state index in [2.05, 4.69) is 61.1 Å². The summed E-state index contributed by atoms with van der Waals surface area (Å²) in [6.07, 6.45) is 2.83. The summed E-state index contributed by atoms with van der Waals surface area (Å²) in [6.45, 7) is 8.59. The summed E-state index contributed by atoms with van der Waals surface area (Å²) in [7, 11) is 0. The first-order valence-corrected chi connectivity index (χ1v) is 7.43. The number of halogens is 1. The van der Waals surface area contributed by atoms with Gasteiger partial charge in [-0.25, -0.2) is 0 Å². The van der Waals surface area contributed by atoms with Crippen LogP contribution in [0.25, 0.3) is 0 Å². The molecule has 1 aliphatic rings. The van der Waals surface area contributed by atoms with Crippen molar-refractivity contribution < 1.29 is 4.74 Å². The van der Waals surface area contributed by atoms with Crippen molar-refractivity contribution in [3.63, 3.8) is 0 Å². The molecule has 18 heavy (non-hydrogen) atoms. The second-order valence-electron chi connectivity index (χ2n) is 5.51. The number of aryl methyl sites for hydroxylation is 2. The van der Waals surface area contributed by atoms with Crippen LogP contribution in [0.1, 0.15) is 37.8 Å². The number of hydrogen-bond acceptors (Lipinski definition) is 2. The maximum absolute atomic E-state index is 5.78. The van der Waals surface area contributed by atoms with Crippen molar-refractivity contribution in [2.45, 2.75) is 58.8 Å². The number of nitrogens with one attached hydrogen (secondary N) is 1. The Hall–Kier alpha value is -0.540. The van der Waals surface area contributed by atoms with Gasteiger partial charge in [0.25, 0.3) is 0 Å². The zero-order chi connectivity index (χ0) is 13.3. The van der Waals surface area contributed by atoms with Crippen LogP contribution in [-0.2, 0) is 4.74 Å². The molecule has 2 atom stereocenters. The summed E-state index contributed by atoms with van der Waals surface area (Å²) in [5.74, 6) is 0. The monoisotopic (exact) mass is 311 g/mol. The van der Waals surface area contributed by atoms with Crippen molar-refractivity contribution in [1.29, 1.82) is 0 Å². The van der Waals surface area contributed by atoms with Gasteiger partial charge in [0.15, 0.2) is 0 Å². The maximum atomic E-state index is 5.78. The molecule has 0 aliphatic carbocycles. The van der Waals surface area contributed by atoms with Gasteiger partial charge < -0.3 is 10.1 Å². The van der Waals surface area contributed by atoms with E-state index in [0.717, 1.165) is 17.3 Å². The van der Waals surface area contributed by atoms with Crippen LogP contribution in [0.2, 0.25) is 0 Å². The summed E-state index contributed by atoms with van der Waals surface area (Å²) in [5, 5.41) is 3.68. The van der Waals surface area contributed by atoms with Gasteiger partial charge >= 0.3 is 0 Å². The van der Waals surface area contributed by atoms with Crippen molar-refractivity contribution in [3.8, 4) is 0 Å². The third kappa shape index (κ3) is 3.27. The van der Waals surface area contributed by atoms with E-state index in [1.165, 1.54) is 16.8 Å². The Morgan fingerprint density at radius 1 is 1.17 bits per heavy atom. The number of ether oxygens (including phenoxy) is 1. The average Bonchev–Trinajstić information content (AvgIpc) is 2.22. The van der Waals surface area contributed by atoms with Crippen molar-refractivity contribution in [1.82, 2.24) is 0 Å². The van der Waals surface area contributed by atoms with E-state index in [4.69, 9.17) is 4.74 Å². The van der Waals surface area contributed by atoms with Gasteiger partial charge in [-0.2, -0.15) is 0 Å². The second-order valence-corrected chi connectivity index (χ2v) is 6.36. The maximum Gasteiger partial charge on any atom is 0.0570 e. The van der Waals surface area contributed by atoms with E-state index in [1.54, 1.807) is 0 Å². The first-order valence-electron chi connectivity index (χ1n) is 6.64. The topological polar surface area (TPSA) is 21.3 Å². The van der Waals surface area contributed by atoms with Crippen LogP contribution in [0.4, 0.5) is 5.69 Å². The Labute approximate surface area is 118 Å². The molecule has 0 amide bonds. The molecule has 1 saturated heterocycles. The average molecular weight is 312 g/mol. The van der Waals surface area contributed by atoms with Gasteiger partial charge in [0.2, 0.25) is 0 Å². The number of anilines is 1. The van der Waals surface area contributed by atoms with Crippen LogP contribution in [0.15, 0.2) is 16.6 Å². The van der Waals surface area contributed by atoms with Gasteiger partial charge in [0.1, 0.15) is 0 Å². The molecule has 0 bridgehead atoms. The van der Waals surface area contributed by atoms with Gasteiger partial charge in [0.05, 0.1) is 17.9 Å². The molecular weight excluding hydrogens is 290 g/mol. The van der Waals surface area contributed by atoms with Crippen molar-refractivity contribution in [3.05, 3.63) is 27.7 Å². The standard InChI is InChI=1S/C15H22BrNO/c1-9-5-10(2)15(14(16)6-9)17-13-7-11(3)18-12(4)8-13/h5-6,11-13,17H,7-8H2,1-4H3. The zero-order valence-electron chi connectivity index (χ0n) is 11.6. The number of rotatable bonds is 2. The zero-order valence-corrected chi connectivity index (χ0v) is 13.2. The SMILES string of the molecule is Cc1cc(C)c(NC2CC(C)OC(C)C2)c(Br)c1. The fourth-order valence-corrected chi connectivity index (χ4v) is 3.61. The van der Waals surface area contributed by atoms with E-state index in [9.17, 15) is 0 Å². The highest BCUT2D eigenvalue weighted by Gasteiger charge is 2.25. The molecule has 2 nitrogen and oxygen atoms in total. The van der Waals surface area contributed by atoms with Crippen LogP contribution in [-0.4, -0.2) is 18.2 Å². The van der Waals surface area contributed by atoms with Crippen molar-refractivity contribution in [2.75, 3.05) is 5.32 Å². The van der Waals surface area contributed by atoms with Crippen LogP contribution < -0.4 is 5.32 Å². The lowest BCUT2D eigenvalue weighted by Crippen LogP contribution is -2.37. The van der Waals surface area contributed by atoms with E-state index in [-0.39, 0.29) is 0 Å². The molecule has 1 N–H and O–H groups in total. The molecule has 1 heterocycles. The molecule has 2 rings (SSSR count). The highest BCUT2D eigenvalue weighted by Crippen LogP contribution is 2.31. The smallest absolute Gasteiger partial charge is 0.0570 e. The molecule has 2 unspecified atom stereocenters. The van der Waals surface area contributed by atoms with Gasteiger partial charge in [-0.1, -0.05) is 6.07 Å². The molecule has 0 aromatic heterocycles. The predicted molar refractivity (Wildman–Crippen MR) is 80.3 cm³/mol. The van der Waals surface area contributed by atoms with Crippen molar-refractivity contribution in [2.24, 2.45) is 0 Å². The molecule has 0 spiro atoms. The molecule has 1 aliphatic heterocycles. The Kier molecular flexibility index (Phi) is 4.33. The molecule has 100 valence electrons. The van der Waals surface area contributed by atoms with Crippen LogP contribution in [0.5, 0.6) is 0 Å². The Balaban J connectivity index is 2.14. The Morgan fingerprint density at radius 2 is 1.78 bits per heavy atom. The fraction of sp³-hybridized carbons (Fsp3) is 0.600. The third-order valence-electron chi connectivity index (χ3n) is 3.48. The molecule has 3 heteroatoms. The normalized spacial score (nSPS) is 28.2. The van der Waals surface area contributed by atoms with E-state index >= 15 is 0 Å². The van der Waals surface area contributed by atoms with E-state index in [1.807, 2.05) is 0 Å². The summed E-state index contributed by atoms with van der Waals surface area (Å²) in [5.41, 5.74) is 3.82. The molecule has 0 saturated carbocycles. The Bertz CT molecular complexity index is 399. The minimum atomic E-state index is 0.343. The molecule has 0 radical (unpaired) electrons. The molecule has 1 aromatic carbocycles. The fourth-order valence-electron chi connectivity index (χ4n) is 2.83. The summed E-state index contributed by atoms with van der Waals surface area (Å²) >= 11 is 3.66. The van der Waals surface area contributed by atoms with Crippen molar-refractivity contribution >= 4 is 21.6 Å². The Morgan fingerprint density at radius 3 is 2.33 bits per heavy atom. The quantitative estimate of drug-likeness (QED) is 0.872. The van der Waals surface area contributed by atoms with Gasteiger partial charge in [-0.15, -0.1) is 0 Å². The van der Waals surface area contributed by atoms with Crippen LogP contribution in [0.3, 0.4) is 0 Å². The highest BCUT2D eigenvalue weighted by molar-refractivity contribution is 9.10. The molecule has 1 aromatic rings. The second kappa shape index (κ2) is 5.62. The number of hydrogen-bond donors (Lipinski definition) is 1. The lowest BCUT2D eigenvalue weighted by atomic mass is 9.99. The molecular formula is C15H22BrNO. The highest BCUT2D eigenvalue weighted by atomic mass is 79.9. The van der Waals surface area contributed by atoms with Gasteiger partial charge in [-0.3, -0.25) is 0 Å². The van der Waals surface area contributed by atoms with Crippen LogP contribution in [0, 0.1) is 13.8 Å². The third-order valence-corrected chi connectivity index (χ3v) is 4.10. The van der Waals surface area contributed by atoms with E-state index in [0.29, 0.717) is 18.2 Å². The summed E-state index contributed by atoms with van der Waals surface area (Å²) in [4.78, 5) is 0. The van der Waals surface area contributed by atoms with Gasteiger partial charge in [0, 0.05) is 10.5 Å². The number of benzene rings is 1. The predicted octanol–water partition coefficient (Wildman–Crippen LogP) is 4.43. The van der Waals surface area contributed by atoms with Crippen LogP contribution >= 0.6 is 15.9 Å². The lowest BCUT2D eigenvalue weighted by Gasteiger charge is -2.33.